The number of fused-ring (bicyclic) bond motifs is 3. The van der Waals surface area contributed by atoms with Gasteiger partial charge in [0.2, 0.25) is 5.79 Å². The SMILES string of the molecule is C=CC[C@@H]1/C=C(\C)C[C@H](C)C[C@H](OC)[C@H]2O[C@@](O)(C(=O)C(=O)N3CCCC[C@H]3C(=O)O[C@H](/C(C)=C/C3CCC(OCC(=O)OC(C)C)CC3)[C@H](C)[C@@H](O)CC1=O)[C@H](C)C[C@@H]2OC. The summed E-state index contributed by atoms with van der Waals surface area (Å²) in [5.41, 5.74) is 1.64. The third-order valence-electron chi connectivity index (χ3n) is 13.3. The molecule has 3 aliphatic heterocycles. The Morgan fingerprint density at radius 3 is 2.29 bits per heavy atom. The minimum Gasteiger partial charge on any atom is -0.461 e. The van der Waals surface area contributed by atoms with Crippen LogP contribution in [0.1, 0.15) is 126 Å². The van der Waals surface area contributed by atoms with E-state index < -0.39 is 83.7 Å². The highest BCUT2D eigenvalue weighted by molar-refractivity contribution is 6.39. The van der Waals surface area contributed by atoms with Crippen molar-refractivity contribution in [3.05, 3.63) is 36.0 Å². The van der Waals surface area contributed by atoms with Gasteiger partial charge >= 0.3 is 11.9 Å². The molecule has 11 atom stereocenters. The van der Waals surface area contributed by atoms with E-state index in [4.69, 9.17) is 28.4 Å². The summed E-state index contributed by atoms with van der Waals surface area (Å²) in [7, 11) is 3.05. The van der Waals surface area contributed by atoms with E-state index in [9.17, 15) is 34.2 Å². The van der Waals surface area contributed by atoms with Crippen LogP contribution >= 0.6 is 0 Å². The molecule has 1 amide bonds. The zero-order chi connectivity index (χ0) is 45.9. The van der Waals surface area contributed by atoms with Crippen LogP contribution in [0.4, 0.5) is 0 Å². The summed E-state index contributed by atoms with van der Waals surface area (Å²) in [6.07, 6.45) is 6.75. The van der Waals surface area contributed by atoms with Crippen molar-refractivity contribution in [1.82, 2.24) is 4.90 Å². The second-order valence-electron chi connectivity index (χ2n) is 18.7. The lowest BCUT2D eigenvalue weighted by atomic mass is 9.82. The molecule has 2 bridgehead atoms. The second-order valence-corrected chi connectivity index (χ2v) is 18.7. The first-order valence-corrected chi connectivity index (χ1v) is 22.8. The van der Waals surface area contributed by atoms with Gasteiger partial charge in [-0.25, -0.2) is 9.59 Å². The van der Waals surface area contributed by atoms with Crippen LogP contribution in [0.15, 0.2) is 36.0 Å². The lowest BCUT2D eigenvalue weighted by molar-refractivity contribution is -0.302. The van der Waals surface area contributed by atoms with Crippen LogP contribution in [0.3, 0.4) is 0 Å². The van der Waals surface area contributed by atoms with E-state index in [1.54, 1.807) is 33.8 Å². The molecule has 0 aromatic rings. The normalized spacial score (nSPS) is 37.4. The van der Waals surface area contributed by atoms with E-state index >= 15 is 0 Å². The first-order valence-electron chi connectivity index (χ1n) is 22.8. The standard InChI is InChI=1S/C48H75NO13/c1-11-14-35-22-29(4)21-30(5)23-40(57-9)44-41(58-10)25-32(7)48(56,62-44)45(53)46(54)49-20-13-12-15-37(49)47(55)61-43(33(8)38(50)26-39(35)51)31(6)24-34-16-18-36(19-17-34)59-27-42(52)60-28(2)3/h11,22,24,28,30,32-38,40-41,43-44,50,56H,1,12-21,23,25-27H2,2-10H3/b29-22+,31-24+/t30-,32+,33+,34?,35+,36?,37-,38-,40-,41-,43+,44+,48+/m0/s1. The first-order chi connectivity index (χ1) is 29.3. The maximum absolute atomic E-state index is 14.4. The quantitative estimate of drug-likeness (QED) is 0.148. The van der Waals surface area contributed by atoms with Crippen molar-refractivity contribution in [1.29, 1.82) is 0 Å². The number of carbonyl (C=O) groups excluding carboxylic acids is 5. The number of amides is 1. The van der Waals surface area contributed by atoms with Crippen LogP contribution < -0.4 is 0 Å². The van der Waals surface area contributed by atoms with Gasteiger partial charge in [-0.1, -0.05) is 44.6 Å². The molecule has 0 aromatic heterocycles. The number of hydrogen-bond donors (Lipinski definition) is 2. The Bertz CT molecular complexity index is 1620. The van der Waals surface area contributed by atoms with Gasteiger partial charge in [-0.3, -0.25) is 14.4 Å². The Kier molecular flexibility index (Phi) is 19.6. The van der Waals surface area contributed by atoms with Gasteiger partial charge in [-0.15, -0.1) is 6.58 Å². The van der Waals surface area contributed by atoms with E-state index in [1.165, 1.54) is 19.1 Å². The van der Waals surface area contributed by atoms with Crippen LogP contribution in [-0.4, -0.2) is 126 Å². The maximum Gasteiger partial charge on any atom is 0.332 e. The molecule has 0 radical (unpaired) electrons. The molecule has 2 saturated heterocycles. The van der Waals surface area contributed by atoms with Gasteiger partial charge in [0.05, 0.1) is 30.5 Å². The van der Waals surface area contributed by atoms with Gasteiger partial charge in [0, 0.05) is 44.9 Å². The summed E-state index contributed by atoms with van der Waals surface area (Å²) in [4.78, 5) is 70.2. The summed E-state index contributed by atoms with van der Waals surface area (Å²) in [6.45, 7) is 16.6. The van der Waals surface area contributed by atoms with Crippen LogP contribution in [0.25, 0.3) is 0 Å². The number of piperidine rings is 1. The molecule has 62 heavy (non-hydrogen) atoms. The van der Waals surface area contributed by atoms with Crippen LogP contribution in [0, 0.1) is 29.6 Å². The number of rotatable bonds is 10. The average molecular weight is 874 g/mol. The number of ketones is 2. The molecule has 3 fully saturated rings. The van der Waals surface area contributed by atoms with Crippen molar-refractivity contribution >= 4 is 29.4 Å². The minimum atomic E-state index is -2.52. The van der Waals surface area contributed by atoms with Gasteiger partial charge in [0.1, 0.15) is 30.6 Å². The van der Waals surface area contributed by atoms with Crippen LogP contribution in [0.5, 0.6) is 0 Å². The zero-order valence-corrected chi connectivity index (χ0v) is 38.7. The molecule has 350 valence electrons. The highest BCUT2D eigenvalue weighted by atomic mass is 16.7. The van der Waals surface area contributed by atoms with Gasteiger partial charge in [0.25, 0.3) is 11.7 Å². The van der Waals surface area contributed by atoms with Gasteiger partial charge < -0.3 is 43.5 Å². The van der Waals surface area contributed by atoms with Gasteiger partial charge in [0.15, 0.2) is 0 Å². The second kappa shape index (κ2) is 23.6. The summed E-state index contributed by atoms with van der Waals surface area (Å²) >= 11 is 0. The molecular formula is C48H75NO13. The number of aliphatic hydroxyl groups is 2. The lowest BCUT2D eigenvalue weighted by Crippen LogP contribution is -2.64. The number of esters is 2. The molecule has 1 aliphatic carbocycles. The minimum absolute atomic E-state index is 0.00479. The number of hydrogen-bond acceptors (Lipinski definition) is 13. The van der Waals surface area contributed by atoms with Crippen molar-refractivity contribution in [2.45, 2.75) is 180 Å². The number of carbonyl (C=O) groups is 5. The Morgan fingerprint density at radius 2 is 1.66 bits per heavy atom. The highest BCUT2D eigenvalue weighted by Gasteiger charge is 2.56. The number of aliphatic hydroxyl groups excluding tert-OH is 1. The Balaban J connectivity index is 1.70. The van der Waals surface area contributed by atoms with E-state index in [0.29, 0.717) is 50.5 Å². The molecule has 2 N–H and O–H groups in total. The number of ether oxygens (including phenoxy) is 6. The van der Waals surface area contributed by atoms with Crippen molar-refractivity contribution in [3.8, 4) is 0 Å². The molecule has 4 rings (SSSR count). The largest absolute Gasteiger partial charge is 0.461 e. The van der Waals surface area contributed by atoms with Gasteiger partial charge in [-0.05, 0) is 116 Å². The molecule has 4 aliphatic rings. The zero-order valence-electron chi connectivity index (χ0n) is 38.7. The Hall–Kier alpha value is -3.27. The monoisotopic (exact) mass is 874 g/mol. The fraction of sp³-hybridized carbons (Fsp3) is 0.771. The molecule has 3 heterocycles. The maximum atomic E-state index is 14.4. The number of cyclic esters (lactones) is 1. The fourth-order valence-corrected chi connectivity index (χ4v) is 9.78. The van der Waals surface area contributed by atoms with Crippen molar-refractivity contribution in [2.75, 3.05) is 27.4 Å². The van der Waals surface area contributed by atoms with E-state index in [0.717, 1.165) is 18.4 Å². The number of nitrogens with zero attached hydrogens (tertiary/aromatic N) is 1. The molecule has 0 unspecified atom stereocenters. The molecule has 1 saturated carbocycles. The fourth-order valence-electron chi connectivity index (χ4n) is 9.78. The van der Waals surface area contributed by atoms with Crippen molar-refractivity contribution in [3.63, 3.8) is 0 Å². The van der Waals surface area contributed by atoms with Crippen molar-refractivity contribution < 1.29 is 62.6 Å². The third kappa shape index (κ3) is 13.4. The topological polar surface area (TPSA) is 184 Å². The average Bonchev–Trinajstić information content (AvgIpc) is 3.23. The van der Waals surface area contributed by atoms with E-state index in [-0.39, 0.29) is 62.2 Å². The van der Waals surface area contributed by atoms with E-state index in [2.05, 4.69) is 6.58 Å². The molecule has 14 heteroatoms. The lowest BCUT2D eigenvalue weighted by Gasteiger charge is -2.47. The summed E-state index contributed by atoms with van der Waals surface area (Å²) in [5.74, 6) is -8.08. The smallest absolute Gasteiger partial charge is 0.332 e. The molecular weight excluding hydrogens is 799 g/mol. The Morgan fingerprint density at radius 1 is 1.00 bits per heavy atom. The van der Waals surface area contributed by atoms with Gasteiger partial charge in [-0.2, -0.15) is 0 Å². The first kappa shape index (κ1) is 51.4. The molecule has 0 spiro atoms. The predicted molar refractivity (Wildman–Crippen MR) is 231 cm³/mol. The summed E-state index contributed by atoms with van der Waals surface area (Å²) in [5, 5.41) is 23.8. The predicted octanol–water partition coefficient (Wildman–Crippen LogP) is 5.99. The molecule has 0 aromatic carbocycles. The number of Topliss-reactive ketones (excluding diaryl/α,β-unsaturated/α-hetero) is 2. The van der Waals surface area contributed by atoms with Crippen molar-refractivity contribution in [2.24, 2.45) is 29.6 Å². The highest BCUT2D eigenvalue weighted by Crippen LogP contribution is 2.39. The number of allylic oxidation sites excluding steroid dienone is 4. The Labute approximate surface area is 369 Å². The third-order valence-corrected chi connectivity index (χ3v) is 13.3. The van der Waals surface area contributed by atoms with Crippen LogP contribution in [0.2, 0.25) is 0 Å². The number of methoxy groups -OCH3 is 2. The summed E-state index contributed by atoms with van der Waals surface area (Å²) in [6, 6.07) is -1.15. The summed E-state index contributed by atoms with van der Waals surface area (Å²) < 4.78 is 35.4. The van der Waals surface area contributed by atoms with E-state index in [1.807, 2.05) is 32.9 Å². The molecule has 14 nitrogen and oxygen atoms in total. The van der Waals surface area contributed by atoms with Crippen LogP contribution in [-0.2, 0) is 52.4 Å².